The van der Waals surface area contributed by atoms with Gasteiger partial charge in [0.25, 0.3) is 5.91 Å². The Bertz CT molecular complexity index is 461. The number of carbonyl (C=O) groups is 2. The standard InChI is InChI=1S/C16H24N2O3/c1-21-15(19)10-5-3-2-4-6-11-18-16(20)13-8-7-9-14(17)12-13/h7-9,12H,2-6,10-11,17H2,1H3,(H,18,20). The maximum atomic E-state index is 11.8. The van der Waals surface area contributed by atoms with Gasteiger partial charge in [0.05, 0.1) is 7.11 Å². The van der Waals surface area contributed by atoms with Crippen molar-refractivity contribution in [1.29, 1.82) is 0 Å². The number of nitrogen functional groups attached to an aromatic ring is 1. The fraction of sp³-hybridized carbons (Fsp3) is 0.500. The van der Waals surface area contributed by atoms with E-state index in [0.717, 1.165) is 32.1 Å². The van der Waals surface area contributed by atoms with Crippen LogP contribution >= 0.6 is 0 Å². The number of benzene rings is 1. The van der Waals surface area contributed by atoms with Gasteiger partial charge >= 0.3 is 5.97 Å². The predicted octanol–water partition coefficient (Wildman–Crippen LogP) is 2.51. The molecule has 1 rings (SSSR count). The number of carbonyl (C=O) groups excluding carboxylic acids is 2. The maximum absolute atomic E-state index is 11.8. The molecular formula is C16H24N2O3. The van der Waals surface area contributed by atoms with Gasteiger partial charge in [0, 0.05) is 24.2 Å². The second-order valence-electron chi connectivity index (χ2n) is 4.98. The Kier molecular flexibility index (Phi) is 7.94. The zero-order chi connectivity index (χ0) is 15.5. The van der Waals surface area contributed by atoms with Crippen LogP contribution in [0.15, 0.2) is 24.3 Å². The average Bonchev–Trinajstić information content (AvgIpc) is 2.49. The van der Waals surface area contributed by atoms with Gasteiger partial charge in [0.2, 0.25) is 0 Å². The van der Waals surface area contributed by atoms with Crippen LogP contribution in [0.25, 0.3) is 0 Å². The first-order chi connectivity index (χ1) is 10.1. The van der Waals surface area contributed by atoms with Crippen LogP contribution in [0.3, 0.4) is 0 Å². The van der Waals surface area contributed by atoms with Gasteiger partial charge < -0.3 is 15.8 Å². The molecule has 0 heterocycles. The number of ether oxygens (including phenoxy) is 1. The van der Waals surface area contributed by atoms with E-state index >= 15 is 0 Å². The van der Waals surface area contributed by atoms with E-state index in [9.17, 15) is 9.59 Å². The topological polar surface area (TPSA) is 81.4 Å². The summed E-state index contributed by atoms with van der Waals surface area (Å²) in [5, 5.41) is 2.88. The van der Waals surface area contributed by atoms with Gasteiger partial charge in [-0.2, -0.15) is 0 Å². The summed E-state index contributed by atoms with van der Waals surface area (Å²) in [7, 11) is 1.41. The number of anilines is 1. The van der Waals surface area contributed by atoms with Crippen LogP contribution < -0.4 is 11.1 Å². The quantitative estimate of drug-likeness (QED) is 0.416. The monoisotopic (exact) mass is 292 g/mol. The van der Waals surface area contributed by atoms with Crippen LogP contribution in [-0.2, 0) is 9.53 Å². The molecule has 0 aliphatic rings. The second kappa shape index (κ2) is 9.80. The molecule has 0 atom stereocenters. The highest BCUT2D eigenvalue weighted by Crippen LogP contribution is 2.07. The van der Waals surface area contributed by atoms with Crippen LogP contribution in [0.4, 0.5) is 5.69 Å². The molecule has 0 saturated carbocycles. The molecule has 0 aromatic heterocycles. The smallest absolute Gasteiger partial charge is 0.305 e. The first-order valence-corrected chi connectivity index (χ1v) is 7.34. The molecule has 1 aromatic rings. The minimum absolute atomic E-state index is 0.0898. The normalized spacial score (nSPS) is 10.1. The van der Waals surface area contributed by atoms with Crippen molar-refractivity contribution in [3.8, 4) is 0 Å². The number of hydrogen-bond donors (Lipinski definition) is 2. The maximum Gasteiger partial charge on any atom is 0.305 e. The van der Waals surface area contributed by atoms with Crippen molar-refractivity contribution in [3.63, 3.8) is 0 Å². The highest BCUT2D eigenvalue weighted by atomic mass is 16.5. The molecule has 0 aliphatic carbocycles. The summed E-state index contributed by atoms with van der Waals surface area (Å²) in [6.45, 7) is 0.657. The Morgan fingerprint density at radius 1 is 1.14 bits per heavy atom. The largest absolute Gasteiger partial charge is 0.469 e. The molecule has 21 heavy (non-hydrogen) atoms. The van der Waals surface area contributed by atoms with Crippen LogP contribution in [-0.4, -0.2) is 25.5 Å². The lowest BCUT2D eigenvalue weighted by molar-refractivity contribution is -0.140. The third-order valence-corrected chi connectivity index (χ3v) is 3.22. The molecule has 0 spiro atoms. The third-order valence-electron chi connectivity index (χ3n) is 3.22. The Labute approximate surface area is 125 Å². The van der Waals surface area contributed by atoms with Gasteiger partial charge in [0.1, 0.15) is 0 Å². The summed E-state index contributed by atoms with van der Waals surface area (Å²) in [5.41, 5.74) is 6.82. The van der Waals surface area contributed by atoms with E-state index in [2.05, 4.69) is 10.1 Å². The minimum Gasteiger partial charge on any atom is -0.469 e. The average molecular weight is 292 g/mol. The molecule has 1 amide bonds. The number of methoxy groups -OCH3 is 1. The SMILES string of the molecule is COC(=O)CCCCCCCNC(=O)c1cccc(N)c1. The number of nitrogens with one attached hydrogen (secondary N) is 1. The molecule has 0 saturated heterocycles. The number of nitrogens with two attached hydrogens (primary N) is 1. The highest BCUT2D eigenvalue weighted by Gasteiger charge is 2.04. The number of rotatable bonds is 9. The van der Waals surface area contributed by atoms with E-state index in [0.29, 0.717) is 24.2 Å². The molecule has 1 aromatic carbocycles. The van der Waals surface area contributed by atoms with E-state index in [1.165, 1.54) is 7.11 Å². The number of esters is 1. The predicted molar refractivity (Wildman–Crippen MR) is 82.9 cm³/mol. The molecule has 0 bridgehead atoms. The van der Waals surface area contributed by atoms with Crippen molar-refractivity contribution < 1.29 is 14.3 Å². The number of amides is 1. The molecule has 3 N–H and O–H groups in total. The lowest BCUT2D eigenvalue weighted by Gasteiger charge is -2.06. The summed E-state index contributed by atoms with van der Waals surface area (Å²) in [6, 6.07) is 6.94. The van der Waals surface area contributed by atoms with Crippen molar-refractivity contribution in [2.24, 2.45) is 0 Å². The van der Waals surface area contributed by atoms with Crippen LogP contribution in [0, 0.1) is 0 Å². The summed E-state index contributed by atoms with van der Waals surface area (Å²) in [4.78, 5) is 22.7. The molecule has 5 heteroatoms. The van der Waals surface area contributed by atoms with Crippen molar-refractivity contribution >= 4 is 17.6 Å². The minimum atomic E-state index is -0.149. The Balaban J connectivity index is 2.04. The van der Waals surface area contributed by atoms with Crippen molar-refractivity contribution in [3.05, 3.63) is 29.8 Å². The summed E-state index contributed by atoms with van der Waals surface area (Å²) in [6.07, 6.45) is 5.40. The van der Waals surface area contributed by atoms with Gasteiger partial charge in [-0.15, -0.1) is 0 Å². The number of unbranched alkanes of at least 4 members (excludes halogenated alkanes) is 4. The van der Waals surface area contributed by atoms with E-state index in [-0.39, 0.29) is 11.9 Å². The van der Waals surface area contributed by atoms with Crippen molar-refractivity contribution in [1.82, 2.24) is 5.32 Å². The van der Waals surface area contributed by atoms with E-state index in [4.69, 9.17) is 5.73 Å². The van der Waals surface area contributed by atoms with Crippen LogP contribution in [0.2, 0.25) is 0 Å². The van der Waals surface area contributed by atoms with Crippen molar-refractivity contribution in [2.75, 3.05) is 19.4 Å². The van der Waals surface area contributed by atoms with Crippen LogP contribution in [0.5, 0.6) is 0 Å². The highest BCUT2D eigenvalue weighted by molar-refractivity contribution is 5.94. The zero-order valence-corrected chi connectivity index (χ0v) is 12.6. The van der Waals surface area contributed by atoms with Gasteiger partial charge in [0.15, 0.2) is 0 Å². The first kappa shape index (κ1) is 17.0. The van der Waals surface area contributed by atoms with Crippen LogP contribution in [0.1, 0.15) is 48.9 Å². The molecule has 0 radical (unpaired) electrons. The van der Waals surface area contributed by atoms with Gasteiger partial charge in [-0.1, -0.05) is 25.3 Å². The Morgan fingerprint density at radius 2 is 1.86 bits per heavy atom. The lowest BCUT2D eigenvalue weighted by Crippen LogP contribution is -2.24. The molecule has 0 unspecified atom stereocenters. The molecule has 116 valence electrons. The first-order valence-electron chi connectivity index (χ1n) is 7.34. The Morgan fingerprint density at radius 3 is 2.57 bits per heavy atom. The summed E-state index contributed by atoms with van der Waals surface area (Å²) in [5.74, 6) is -0.239. The molecular weight excluding hydrogens is 268 g/mol. The van der Waals surface area contributed by atoms with E-state index in [1.54, 1.807) is 24.3 Å². The molecule has 5 nitrogen and oxygen atoms in total. The molecule has 0 aliphatic heterocycles. The summed E-state index contributed by atoms with van der Waals surface area (Å²) >= 11 is 0. The van der Waals surface area contributed by atoms with Gasteiger partial charge in [-0.05, 0) is 31.0 Å². The fourth-order valence-corrected chi connectivity index (χ4v) is 2.01. The van der Waals surface area contributed by atoms with E-state index in [1.807, 2.05) is 0 Å². The summed E-state index contributed by atoms with van der Waals surface area (Å²) < 4.78 is 4.58. The van der Waals surface area contributed by atoms with Gasteiger partial charge in [-0.25, -0.2) is 0 Å². The lowest BCUT2D eigenvalue weighted by atomic mass is 10.1. The van der Waals surface area contributed by atoms with Gasteiger partial charge in [-0.3, -0.25) is 9.59 Å². The second-order valence-corrected chi connectivity index (χ2v) is 4.98. The fourth-order valence-electron chi connectivity index (χ4n) is 2.01. The Hall–Kier alpha value is -2.04. The van der Waals surface area contributed by atoms with Crippen molar-refractivity contribution in [2.45, 2.75) is 38.5 Å². The van der Waals surface area contributed by atoms with E-state index < -0.39 is 0 Å². The molecule has 0 fully saturated rings. The third kappa shape index (κ3) is 7.34. The number of hydrogen-bond acceptors (Lipinski definition) is 4. The zero-order valence-electron chi connectivity index (χ0n) is 12.6.